The minimum absolute atomic E-state index is 0.0925. The molecule has 0 bridgehead atoms. The van der Waals surface area contributed by atoms with Gasteiger partial charge in [-0.25, -0.2) is 8.42 Å². The first-order valence-electron chi connectivity index (χ1n) is 10.1. The number of nitrogens with zero attached hydrogens (tertiary/aromatic N) is 1. The van der Waals surface area contributed by atoms with E-state index in [1.54, 1.807) is 6.07 Å². The molecule has 4 rings (SSSR count). The Labute approximate surface area is 199 Å². The van der Waals surface area contributed by atoms with Crippen molar-refractivity contribution in [2.24, 2.45) is 0 Å². The van der Waals surface area contributed by atoms with E-state index in [1.165, 1.54) is 48.5 Å². The van der Waals surface area contributed by atoms with E-state index in [0.717, 1.165) is 12.1 Å². The Kier molecular flexibility index (Phi) is 6.51. The maximum absolute atomic E-state index is 12.8. The third-order valence-corrected chi connectivity index (χ3v) is 6.21. The van der Waals surface area contributed by atoms with Gasteiger partial charge in [-0.15, -0.1) is 0 Å². The number of benzene rings is 3. The van der Waals surface area contributed by atoms with Crippen LogP contribution in [-0.4, -0.2) is 38.4 Å². The zero-order valence-corrected chi connectivity index (χ0v) is 18.7. The molecule has 0 aliphatic carbocycles. The van der Waals surface area contributed by atoms with E-state index in [-0.39, 0.29) is 21.7 Å². The van der Waals surface area contributed by atoms with E-state index in [4.69, 9.17) is 9.47 Å². The molecular formula is C22H18N4O8S. The topological polar surface area (TPSA) is 166 Å². The molecule has 0 saturated carbocycles. The Bertz CT molecular complexity index is 1420. The van der Waals surface area contributed by atoms with E-state index < -0.39 is 32.4 Å². The highest BCUT2D eigenvalue weighted by atomic mass is 32.2. The minimum Gasteiger partial charge on any atom is -0.486 e. The molecule has 0 aromatic heterocycles. The third kappa shape index (κ3) is 5.30. The molecule has 13 heteroatoms. The van der Waals surface area contributed by atoms with Crippen LogP contribution >= 0.6 is 0 Å². The Morgan fingerprint density at radius 2 is 1.57 bits per heavy atom. The molecular weight excluding hydrogens is 480 g/mol. The smallest absolute Gasteiger partial charge is 0.271 e. The number of ether oxygens (including phenoxy) is 2. The highest BCUT2D eigenvalue weighted by Crippen LogP contribution is 2.30. The highest BCUT2D eigenvalue weighted by molar-refractivity contribution is 7.92. The van der Waals surface area contributed by atoms with Gasteiger partial charge in [0.15, 0.2) is 11.5 Å². The summed E-state index contributed by atoms with van der Waals surface area (Å²) < 4.78 is 38.6. The van der Waals surface area contributed by atoms with Gasteiger partial charge in [-0.1, -0.05) is 18.2 Å². The van der Waals surface area contributed by atoms with E-state index in [1.807, 2.05) is 0 Å². The number of carbonyl (C=O) groups excluding carboxylic acids is 2. The minimum atomic E-state index is -4.26. The number of para-hydroxylation sites is 1. The monoisotopic (exact) mass is 498 g/mol. The summed E-state index contributed by atoms with van der Waals surface area (Å²) in [6, 6.07) is 14.7. The van der Waals surface area contributed by atoms with Gasteiger partial charge in [0, 0.05) is 17.7 Å². The van der Waals surface area contributed by atoms with Crippen LogP contribution in [0, 0.1) is 10.1 Å². The van der Waals surface area contributed by atoms with Gasteiger partial charge >= 0.3 is 0 Å². The molecule has 1 aliphatic heterocycles. The lowest BCUT2D eigenvalue weighted by molar-refractivity contribution is -0.385. The average Bonchev–Trinajstić information content (AvgIpc) is 2.87. The SMILES string of the molecule is O=C(NNC(=O)c1ccccc1NS(=O)(=O)c1cccc([N+](=O)[O-])c1)c1ccc2c(c1)OCCO2. The maximum atomic E-state index is 12.8. The summed E-state index contributed by atoms with van der Waals surface area (Å²) >= 11 is 0. The van der Waals surface area contributed by atoms with Crippen LogP contribution in [0.3, 0.4) is 0 Å². The lowest BCUT2D eigenvalue weighted by Crippen LogP contribution is -2.42. The summed E-state index contributed by atoms with van der Waals surface area (Å²) in [5, 5.41) is 11.0. The third-order valence-electron chi connectivity index (χ3n) is 4.85. The number of non-ortho nitro benzene ring substituents is 1. The summed E-state index contributed by atoms with van der Waals surface area (Å²) in [4.78, 5) is 35.1. The van der Waals surface area contributed by atoms with Gasteiger partial charge in [0.25, 0.3) is 27.5 Å². The van der Waals surface area contributed by atoms with Crippen molar-refractivity contribution in [2.45, 2.75) is 4.90 Å². The number of nitro benzene ring substituents is 1. The van der Waals surface area contributed by atoms with Crippen LogP contribution in [0.25, 0.3) is 0 Å². The maximum Gasteiger partial charge on any atom is 0.271 e. The van der Waals surface area contributed by atoms with Crippen LogP contribution < -0.4 is 25.0 Å². The number of hydrogen-bond donors (Lipinski definition) is 3. The number of hydrogen-bond acceptors (Lipinski definition) is 8. The largest absolute Gasteiger partial charge is 0.486 e. The van der Waals surface area contributed by atoms with Gasteiger partial charge in [-0.3, -0.25) is 35.3 Å². The molecule has 2 amide bonds. The molecule has 0 fully saturated rings. The van der Waals surface area contributed by atoms with Gasteiger partial charge in [-0.2, -0.15) is 0 Å². The molecule has 0 saturated heterocycles. The number of nitro groups is 1. The molecule has 0 atom stereocenters. The fraction of sp³-hybridized carbons (Fsp3) is 0.0909. The number of rotatable bonds is 6. The van der Waals surface area contributed by atoms with Gasteiger partial charge in [0.1, 0.15) is 13.2 Å². The van der Waals surface area contributed by atoms with Crippen LogP contribution in [0.15, 0.2) is 71.6 Å². The van der Waals surface area contributed by atoms with Crippen molar-refractivity contribution in [3.8, 4) is 11.5 Å². The summed E-state index contributed by atoms with van der Waals surface area (Å²) in [7, 11) is -4.26. The number of hydrazine groups is 1. The zero-order valence-electron chi connectivity index (χ0n) is 17.9. The number of amides is 2. The second kappa shape index (κ2) is 9.69. The Morgan fingerprint density at radius 1 is 0.857 bits per heavy atom. The Hall–Kier alpha value is -4.65. The van der Waals surface area contributed by atoms with Gasteiger partial charge in [0.05, 0.1) is 21.1 Å². The summed E-state index contributed by atoms with van der Waals surface area (Å²) in [5.41, 5.74) is 4.11. The zero-order chi connectivity index (χ0) is 25.0. The van der Waals surface area contributed by atoms with Gasteiger partial charge in [-0.05, 0) is 36.4 Å². The number of nitrogens with one attached hydrogen (secondary N) is 3. The van der Waals surface area contributed by atoms with Crippen molar-refractivity contribution in [1.29, 1.82) is 0 Å². The van der Waals surface area contributed by atoms with Crippen molar-refractivity contribution in [1.82, 2.24) is 10.9 Å². The van der Waals surface area contributed by atoms with E-state index in [0.29, 0.717) is 24.7 Å². The molecule has 3 aromatic carbocycles. The summed E-state index contributed by atoms with van der Waals surface area (Å²) in [6.45, 7) is 0.747. The van der Waals surface area contributed by atoms with E-state index in [9.17, 15) is 28.1 Å². The summed E-state index contributed by atoms with van der Waals surface area (Å²) in [5.74, 6) is -0.531. The quantitative estimate of drug-likeness (QED) is 0.344. The number of fused-ring (bicyclic) bond motifs is 1. The van der Waals surface area contributed by atoms with Gasteiger partial charge in [0.2, 0.25) is 0 Å². The molecule has 1 heterocycles. The first kappa shape index (κ1) is 23.5. The molecule has 12 nitrogen and oxygen atoms in total. The summed E-state index contributed by atoms with van der Waals surface area (Å²) in [6.07, 6.45) is 0. The lowest BCUT2D eigenvalue weighted by atomic mass is 10.1. The molecule has 3 N–H and O–H groups in total. The molecule has 3 aromatic rings. The van der Waals surface area contributed by atoms with E-state index >= 15 is 0 Å². The van der Waals surface area contributed by atoms with Crippen LogP contribution in [0.1, 0.15) is 20.7 Å². The molecule has 0 unspecified atom stereocenters. The highest BCUT2D eigenvalue weighted by Gasteiger charge is 2.21. The molecule has 0 spiro atoms. The fourth-order valence-electron chi connectivity index (χ4n) is 3.18. The standard InChI is InChI=1S/C22H18N4O8S/c27-21(14-8-9-19-20(12-14)34-11-10-33-19)23-24-22(28)17-6-1-2-7-18(17)25-35(31,32)16-5-3-4-15(13-16)26(29)30/h1-9,12-13,25H,10-11H2,(H,23,27)(H,24,28). The lowest BCUT2D eigenvalue weighted by Gasteiger charge is -2.18. The molecule has 0 radical (unpaired) electrons. The Morgan fingerprint density at radius 3 is 2.34 bits per heavy atom. The predicted octanol–water partition coefficient (Wildman–Crippen LogP) is 2.24. The van der Waals surface area contributed by atoms with Crippen molar-refractivity contribution in [3.63, 3.8) is 0 Å². The molecule has 180 valence electrons. The van der Waals surface area contributed by atoms with Gasteiger partial charge < -0.3 is 9.47 Å². The Balaban J connectivity index is 1.48. The second-order valence-electron chi connectivity index (χ2n) is 7.17. The first-order valence-corrected chi connectivity index (χ1v) is 11.6. The predicted molar refractivity (Wildman–Crippen MR) is 123 cm³/mol. The molecule has 35 heavy (non-hydrogen) atoms. The van der Waals surface area contributed by atoms with Crippen molar-refractivity contribution in [2.75, 3.05) is 17.9 Å². The van der Waals surface area contributed by atoms with Crippen LogP contribution in [0.2, 0.25) is 0 Å². The normalized spacial score (nSPS) is 12.3. The molecule has 1 aliphatic rings. The second-order valence-corrected chi connectivity index (χ2v) is 8.85. The van der Waals surface area contributed by atoms with E-state index in [2.05, 4.69) is 15.6 Å². The van der Waals surface area contributed by atoms with Crippen molar-refractivity contribution in [3.05, 3.63) is 88.0 Å². The fourth-order valence-corrected chi connectivity index (χ4v) is 4.29. The average molecular weight is 498 g/mol. The van der Waals surface area contributed by atoms with Crippen LogP contribution in [0.5, 0.6) is 11.5 Å². The number of sulfonamides is 1. The number of anilines is 1. The van der Waals surface area contributed by atoms with Crippen LogP contribution in [0.4, 0.5) is 11.4 Å². The number of carbonyl (C=O) groups is 2. The van der Waals surface area contributed by atoms with Crippen molar-refractivity contribution >= 4 is 33.2 Å². The van der Waals surface area contributed by atoms with Crippen LogP contribution in [-0.2, 0) is 10.0 Å². The van der Waals surface area contributed by atoms with Crippen molar-refractivity contribution < 1.29 is 32.4 Å². The first-order chi connectivity index (χ1) is 16.7.